The van der Waals surface area contributed by atoms with Gasteiger partial charge in [-0.25, -0.2) is 0 Å². The largest absolute Gasteiger partial charge is 0.484 e. The molecular formula is C23H26ClN3O5. The minimum atomic E-state index is -0.591. The maximum absolute atomic E-state index is 12.7. The van der Waals surface area contributed by atoms with E-state index in [1.165, 1.54) is 0 Å². The molecule has 2 aliphatic rings. The minimum absolute atomic E-state index is 0.0705. The molecule has 0 aromatic heterocycles. The SMILES string of the molecule is CC1Oc2cc(NC(=O)COc3ccc(Cl)cc3)ccc2N(CCN2CCOCC2)C1=O. The Bertz CT molecular complexity index is 963. The number of rotatable bonds is 7. The van der Waals surface area contributed by atoms with Crippen molar-refractivity contribution in [1.82, 2.24) is 4.90 Å². The third kappa shape index (κ3) is 5.51. The van der Waals surface area contributed by atoms with Gasteiger partial charge in [-0.05, 0) is 43.3 Å². The van der Waals surface area contributed by atoms with Gasteiger partial charge in [0.15, 0.2) is 12.7 Å². The van der Waals surface area contributed by atoms with Gasteiger partial charge in [-0.15, -0.1) is 0 Å². The molecule has 2 amide bonds. The van der Waals surface area contributed by atoms with Crippen LogP contribution in [-0.2, 0) is 14.3 Å². The van der Waals surface area contributed by atoms with Crippen molar-refractivity contribution in [3.8, 4) is 11.5 Å². The van der Waals surface area contributed by atoms with Crippen LogP contribution >= 0.6 is 11.6 Å². The van der Waals surface area contributed by atoms with E-state index in [2.05, 4.69) is 10.2 Å². The normalized spacial score (nSPS) is 18.6. The number of carbonyl (C=O) groups excluding carboxylic acids is 2. The number of hydrogen-bond acceptors (Lipinski definition) is 6. The highest BCUT2D eigenvalue weighted by Gasteiger charge is 2.32. The molecule has 170 valence electrons. The summed E-state index contributed by atoms with van der Waals surface area (Å²) in [4.78, 5) is 29.1. The Hall–Kier alpha value is -2.81. The maximum Gasteiger partial charge on any atom is 0.267 e. The van der Waals surface area contributed by atoms with Gasteiger partial charge < -0.3 is 24.4 Å². The number of amides is 2. The van der Waals surface area contributed by atoms with Crippen molar-refractivity contribution < 1.29 is 23.8 Å². The molecular weight excluding hydrogens is 434 g/mol. The lowest BCUT2D eigenvalue weighted by Crippen LogP contribution is -2.48. The summed E-state index contributed by atoms with van der Waals surface area (Å²) >= 11 is 5.85. The first-order valence-electron chi connectivity index (χ1n) is 10.6. The van der Waals surface area contributed by atoms with Crippen LogP contribution in [0.5, 0.6) is 11.5 Å². The van der Waals surface area contributed by atoms with E-state index < -0.39 is 6.10 Å². The predicted molar refractivity (Wildman–Crippen MR) is 122 cm³/mol. The minimum Gasteiger partial charge on any atom is -0.484 e. The molecule has 2 aromatic carbocycles. The number of morpholine rings is 1. The van der Waals surface area contributed by atoms with Crippen LogP contribution in [0.3, 0.4) is 0 Å². The second-order valence-electron chi connectivity index (χ2n) is 7.68. The summed E-state index contributed by atoms with van der Waals surface area (Å²) in [5.41, 5.74) is 1.28. The van der Waals surface area contributed by atoms with Crippen molar-refractivity contribution in [2.24, 2.45) is 0 Å². The first-order chi connectivity index (χ1) is 15.5. The van der Waals surface area contributed by atoms with Gasteiger partial charge in [0.1, 0.15) is 11.5 Å². The molecule has 0 radical (unpaired) electrons. The summed E-state index contributed by atoms with van der Waals surface area (Å²) < 4.78 is 16.7. The number of fused-ring (bicyclic) bond motifs is 1. The Morgan fingerprint density at radius 1 is 1.16 bits per heavy atom. The van der Waals surface area contributed by atoms with Crippen molar-refractivity contribution in [3.63, 3.8) is 0 Å². The molecule has 1 unspecified atom stereocenters. The topological polar surface area (TPSA) is 80.3 Å². The summed E-state index contributed by atoms with van der Waals surface area (Å²) in [5, 5.41) is 3.40. The van der Waals surface area contributed by atoms with Crippen molar-refractivity contribution in [3.05, 3.63) is 47.5 Å². The zero-order chi connectivity index (χ0) is 22.5. The number of ether oxygens (including phenoxy) is 3. The van der Waals surface area contributed by atoms with Gasteiger partial charge in [0, 0.05) is 43.0 Å². The average molecular weight is 460 g/mol. The molecule has 0 spiro atoms. The van der Waals surface area contributed by atoms with Crippen LogP contribution in [0, 0.1) is 0 Å². The van der Waals surface area contributed by atoms with Crippen LogP contribution in [0.4, 0.5) is 11.4 Å². The molecule has 2 aromatic rings. The van der Waals surface area contributed by atoms with Crippen LogP contribution in [-0.4, -0.2) is 68.8 Å². The van der Waals surface area contributed by atoms with Gasteiger partial charge in [-0.3, -0.25) is 14.5 Å². The second-order valence-corrected chi connectivity index (χ2v) is 8.11. The number of benzene rings is 2. The van der Waals surface area contributed by atoms with Crippen LogP contribution in [0.25, 0.3) is 0 Å². The van der Waals surface area contributed by atoms with Gasteiger partial charge in [0.05, 0.1) is 18.9 Å². The number of nitrogens with zero attached hydrogens (tertiary/aromatic N) is 2. The van der Waals surface area contributed by atoms with Crippen molar-refractivity contribution in [2.45, 2.75) is 13.0 Å². The number of anilines is 2. The Kier molecular flexibility index (Phi) is 7.14. The summed E-state index contributed by atoms with van der Waals surface area (Å²) in [6, 6.07) is 12.1. The molecule has 0 bridgehead atoms. The molecule has 2 aliphatic heterocycles. The van der Waals surface area contributed by atoms with E-state index in [-0.39, 0.29) is 18.4 Å². The van der Waals surface area contributed by atoms with Crippen molar-refractivity contribution in [2.75, 3.05) is 56.2 Å². The van der Waals surface area contributed by atoms with Crippen molar-refractivity contribution >= 4 is 34.8 Å². The lowest BCUT2D eigenvalue weighted by atomic mass is 10.1. The second kappa shape index (κ2) is 10.2. The number of halogens is 1. The van der Waals surface area contributed by atoms with E-state index in [0.29, 0.717) is 34.4 Å². The summed E-state index contributed by atoms with van der Waals surface area (Å²) in [6.07, 6.45) is -0.591. The van der Waals surface area contributed by atoms with Gasteiger partial charge >= 0.3 is 0 Å². The lowest BCUT2D eigenvalue weighted by Gasteiger charge is -2.35. The lowest BCUT2D eigenvalue weighted by molar-refractivity contribution is -0.125. The standard InChI is InChI=1S/C23H26ClN3O5/c1-16-23(29)27(9-8-26-10-12-30-13-11-26)20-7-4-18(14-21(20)32-16)25-22(28)15-31-19-5-2-17(24)3-6-19/h2-7,14,16H,8-13,15H2,1H3,(H,25,28). The highest BCUT2D eigenvalue weighted by molar-refractivity contribution is 6.30. The molecule has 0 saturated carbocycles. The average Bonchev–Trinajstić information content (AvgIpc) is 2.80. The number of hydrogen-bond donors (Lipinski definition) is 1. The van der Waals surface area contributed by atoms with Gasteiger partial charge in [-0.1, -0.05) is 11.6 Å². The molecule has 4 rings (SSSR count). The molecule has 2 heterocycles. The molecule has 1 saturated heterocycles. The molecule has 1 atom stereocenters. The molecule has 1 N–H and O–H groups in total. The fourth-order valence-electron chi connectivity index (χ4n) is 3.66. The van der Waals surface area contributed by atoms with Crippen LogP contribution in [0.2, 0.25) is 5.02 Å². The number of carbonyl (C=O) groups is 2. The zero-order valence-electron chi connectivity index (χ0n) is 17.9. The highest BCUT2D eigenvalue weighted by Crippen LogP contribution is 2.36. The monoisotopic (exact) mass is 459 g/mol. The first kappa shape index (κ1) is 22.4. The Morgan fingerprint density at radius 2 is 1.91 bits per heavy atom. The third-order valence-electron chi connectivity index (χ3n) is 5.38. The van der Waals surface area contributed by atoms with Gasteiger partial charge in [0.25, 0.3) is 11.8 Å². The van der Waals surface area contributed by atoms with E-state index in [0.717, 1.165) is 32.8 Å². The van der Waals surface area contributed by atoms with E-state index in [4.69, 9.17) is 25.8 Å². The zero-order valence-corrected chi connectivity index (χ0v) is 18.6. The fourth-order valence-corrected chi connectivity index (χ4v) is 3.79. The van der Waals surface area contributed by atoms with Gasteiger partial charge in [-0.2, -0.15) is 0 Å². The van der Waals surface area contributed by atoms with E-state index in [1.54, 1.807) is 54.3 Å². The molecule has 32 heavy (non-hydrogen) atoms. The Balaban J connectivity index is 1.38. The van der Waals surface area contributed by atoms with Crippen LogP contribution in [0.15, 0.2) is 42.5 Å². The predicted octanol–water partition coefficient (Wildman–Crippen LogP) is 2.80. The first-order valence-corrected chi connectivity index (χ1v) is 11.0. The van der Waals surface area contributed by atoms with Gasteiger partial charge in [0.2, 0.25) is 0 Å². The van der Waals surface area contributed by atoms with E-state index in [1.807, 2.05) is 0 Å². The van der Waals surface area contributed by atoms with E-state index in [9.17, 15) is 9.59 Å². The molecule has 1 fully saturated rings. The maximum atomic E-state index is 12.7. The highest BCUT2D eigenvalue weighted by atomic mass is 35.5. The Morgan fingerprint density at radius 3 is 2.66 bits per heavy atom. The quantitative estimate of drug-likeness (QED) is 0.685. The third-order valence-corrected chi connectivity index (χ3v) is 5.63. The smallest absolute Gasteiger partial charge is 0.267 e. The molecule has 9 heteroatoms. The summed E-state index contributed by atoms with van der Waals surface area (Å²) in [5.74, 6) is 0.750. The fraction of sp³-hybridized carbons (Fsp3) is 0.391. The molecule has 8 nitrogen and oxygen atoms in total. The Labute approximate surface area is 192 Å². The molecule has 0 aliphatic carbocycles. The van der Waals surface area contributed by atoms with Crippen molar-refractivity contribution in [1.29, 1.82) is 0 Å². The summed E-state index contributed by atoms with van der Waals surface area (Å²) in [6.45, 7) is 6.10. The number of nitrogens with one attached hydrogen (secondary N) is 1. The van der Waals surface area contributed by atoms with Crippen LogP contribution in [0.1, 0.15) is 6.92 Å². The summed E-state index contributed by atoms with van der Waals surface area (Å²) in [7, 11) is 0. The van der Waals surface area contributed by atoms with E-state index >= 15 is 0 Å². The van der Waals surface area contributed by atoms with Crippen LogP contribution < -0.4 is 19.7 Å².